The summed E-state index contributed by atoms with van der Waals surface area (Å²) in [5.41, 5.74) is -0.466. The average molecular weight is 500 g/mol. The quantitative estimate of drug-likeness (QED) is 0.386. The number of amides is 1. The topological polar surface area (TPSA) is 83.9 Å². The average Bonchev–Trinajstić information content (AvgIpc) is 3.11. The van der Waals surface area contributed by atoms with Crippen molar-refractivity contribution in [3.8, 4) is 0 Å². The molecule has 6 nitrogen and oxygen atoms in total. The van der Waals surface area contributed by atoms with Gasteiger partial charge in [-0.1, -0.05) is 40.7 Å². The zero-order chi connectivity index (χ0) is 25.2. The molecule has 0 aromatic carbocycles. The second-order valence-corrected chi connectivity index (χ2v) is 19.5. The molecule has 0 unspecified atom stereocenters. The highest BCUT2D eigenvalue weighted by atomic mass is 32.2. The van der Waals surface area contributed by atoms with Crippen molar-refractivity contribution in [3.05, 3.63) is 12.7 Å². The van der Waals surface area contributed by atoms with E-state index < -0.39 is 36.3 Å². The van der Waals surface area contributed by atoms with Gasteiger partial charge >= 0.3 is 0 Å². The number of aliphatic hydroxyl groups excluding tert-OH is 1. The molecule has 6 atom stereocenters. The van der Waals surface area contributed by atoms with Gasteiger partial charge in [0.25, 0.3) is 0 Å². The van der Waals surface area contributed by atoms with Crippen molar-refractivity contribution in [1.82, 2.24) is 4.31 Å². The van der Waals surface area contributed by atoms with Crippen LogP contribution >= 0.6 is 0 Å². The van der Waals surface area contributed by atoms with E-state index in [9.17, 15) is 18.3 Å². The molecular formula is C25H45NO5SSi. The van der Waals surface area contributed by atoms with Gasteiger partial charge in [0.2, 0.25) is 15.9 Å². The van der Waals surface area contributed by atoms with Gasteiger partial charge in [0, 0.05) is 11.5 Å². The molecule has 3 fully saturated rings. The number of rotatable bonds is 8. The number of fused-ring (bicyclic) bond motifs is 1. The van der Waals surface area contributed by atoms with Crippen LogP contribution in [0.4, 0.5) is 0 Å². The lowest BCUT2D eigenvalue weighted by Gasteiger charge is -2.39. The van der Waals surface area contributed by atoms with Crippen LogP contribution in [0.25, 0.3) is 0 Å². The SMILES string of the molecule is C=CC[C@@H](C(=O)N1[C@@H]2C[C@H]3CC[C@]2(CS1(=O)=O)C3(C)C)[C@@H](O)C[C@@H](C)O[Si](C)(C)C(C)(C)C. The van der Waals surface area contributed by atoms with Crippen LogP contribution in [0.5, 0.6) is 0 Å². The fourth-order valence-electron chi connectivity index (χ4n) is 6.58. The van der Waals surface area contributed by atoms with Gasteiger partial charge in [-0.2, -0.15) is 0 Å². The highest BCUT2D eigenvalue weighted by Gasteiger charge is 2.72. The molecule has 1 heterocycles. The fraction of sp³-hybridized carbons (Fsp3) is 0.880. The van der Waals surface area contributed by atoms with E-state index in [1.165, 1.54) is 4.31 Å². The minimum absolute atomic E-state index is 0.0368. The Morgan fingerprint density at radius 2 is 1.94 bits per heavy atom. The zero-order valence-corrected chi connectivity index (χ0v) is 23.7. The molecule has 2 bridgehead atoms. The summed E-state index contributed by atoms with van der Waals surface area (Å²) < 4.78 is 34.2. The fourth-order valence-corrected chi connectivity index (χ4v) is 10.6. The van der Waals surface area contributed by atoms with E-state index in [1.807, 2.05) is 6.92 Å². The number of hydrogen-bond acceptors (Lipinski definition) is 5. The molecule has 2 aliphatic carbocycles. The van der Waals surface area contributed by atoms with Crippen molar-refractivity contribution in [2.24, 2.45) is 22.7 Å². The minimum Gasteiger partial charge on any atom is -0.414 e. The number of allylic oxidation sites excluding steroid dienone is 1. The lowest BCUT2D eigenvalue weighted by atomic mass is 9.69. The third-order valence-corrected chi connectivity index (χ3v) is 16.2. The van der Waals surface area contributed by atoms with E-state index >= 15 is 0 Å². The first-order valence-electron chi connectivity index (χ1n) is 12.4. The number of sulfonamides is 1. The van der Waals surface area contributed by atoms with Gasteiger partial charge < -0.3 is 9.53 Å². The number of aliphatic hydroxyl groups is 1. The Bertz CT molecular complexity index is 893. The molecule has 2 saturated carbocycles. The smallest absolute Gasteiger partial charge is 0.242 e. The number of nitrogens with zero attached hydrogens (tertiary/aromatic N) is 1. The first kappa shape index (κ1) is 26.9. The maximum absolute atomic E-state index is 13.8. The molecule has 1 N–H and O–H groups in total. The van der Waals surface area contributed by atoms with Gasteiger partial charge in [-0.3, -0.25) is 4.79 Å². The Kier molecular flexibility index (Phi) is 6.89. The van der Waals surface area contributed by atoms with E-state index in [0.717, 1.165) is 19.3 Å². The molecule has 1 spiro atoms. The summed E-state index contributed by atoms with van der Waals surface area (Å²) in [4.78, 5) is 13.8. The summed E-state index contributed by atoms with van der Waals surface area (Å²) in [6, 6.07) is -0.288. The van der Waals surface area contributed by atoms with Crippen LogP contribution in [-0.2, 0) is 19.2 Å². The lowest BCUT2D eigenvalue weighted by Crippen LogP contribution is -2.49. The van der Waals surface area contributed by atoms with E-state index in [0.29, 0.717) is 5.92 Å². The summed E-state index contributed by atoms with van der Waals surface area (Å²) in [7, 11) is -5.75. The molecule has 1 aliphatic heterocycles. The van der Waals surface area contributed by atoms with Gasteiger partial charge in [-0.15, -0.1) is 6.58 Å². The van der Waals surface area contributed by atoms with Crippen molar-refractivity contribution in [3.63, 3.8) is 0 Å². The molecule has 3 rings (SSSR count). The Morgan fingerprint density at radius 1 is 1.33 bits per heavy atom. The number of carbonyl (C=O) groups excluding carboxylic acids is 1. The number of carbonyl (C=O) groups is 1. The molecule has 1 amide bonds. The van der Waals surface area contributed by atoms with Crippen molar-refractivity contribution in [2.75, 3.05) is 5.75 Å². The van der Waals surface area contributed by atoms with Crippen molar-refractivity contribution < 1.29 is 22.7 Å². The summed E-state index contributed by atoms with van der Waals surface area (Å²) in [6.45, 7) is 20.9. The van der Waals surface area contributed by atoms with Crippen LogP contribution in [0.3, 0.4) is 0 Å². The third kappa shape index (κ3) is 4.27. The van der Waals surface area contributed by atoms with Crippen LogP contribution in [0.15, 0.2) is 12.7 Å². The van der Waals surface area contributed by atoms with Gasteiger partial charge in [0.15, 0.2) is 8.32 Å². The van der Waals surface area contributed by atoms with Crippen LogP contribution in [0.1, 0.15) is 73.6 Å². The van der Waals surface area contributed by atoms with Gasteiger partial charge in [-0.05, 0) is 68.5 Å². The Hall–Kier alpha value is -0.703. The molecule has 8 heteroatoms. The van der Waals surface area contributed by atoms with Crippen molar-refractivity contribution >= 4 is 24.2 Å². The van der Waals surface area contributed by atoms with Gasteiger partial charge in [0.05, 0.1) is 23.8 Å². The van der Waals surface area contributed by atoms with E-state index in [4.69, 9.17) is 4.43 Å². The molecule has 3 aliphatic rings. The van der Waals surface area contributed by atoms with Crippen LogP contribution in [-0.4, -0.2) is 56.1 Å². The normalized spacial score (nSPS) is 32.9. The largest absolute Gasteiger partial charge is 0.414 e. The predicted molar refractivity (Wildman–Crippen MR) is 135 cm³/mol. The Morgan fingerprint density at radius 3 is 2.45 bits per heavy atom. The van der Waals surface area contributed by atoms with Crippen LogP contribution in [0, 0.1) is 22.7 Å². The third-order valence-electron chi connectivity index (χ3n) is 9.71. The van der Waals surface area contributed by atoms with Crippen molar-refractivity contribution in [1.29, 1.82) is 0 Å². The molecule has 1 saturated heterocycles. The first-order chi connectivity index (χ1) is 14.9. The monoisotopic (exact) mass is 499 g/mol. The minimum atomic E-state index is -3.72. The van der Waals surface area contributed by atoms with Gasteiger partial charge in [0.1, 0.15) is 0 Å². The van der Waals surface area contributed by atoms with E-state index in [2.05, 4.69) is 54.3 Å². The van der Waals surface area contributed by atoms with E-state index in [1.54, 1.807) is 6.08 Å². The predicted octanol–water partition coefficient (Wildman–Crippen LogP) is 4.71. The molecule has 190 valence electrons. The summed E-state index contributed by atoms with van der Waals surface area (Å²) in [6.07, 6.45) is 3.53. The lowest BCUT2D eigenvalue weighted by molar-refractivity contribution is -0.137. The summed E-state index contributed by atoms with van der Waals surface area (Å²) in [5, 5.41) is 11.2. The zero-order valence-electron chi connectivity index (χ0n) is 21.8. The molecule has 33 heavy (non-hydrogen) atoms. The van der Waals surface area contributed by atoms with Crippen LogP contribution < -0.4 is 0 Å². The second kappa shape index (κ2) is 8.45. The van der Waals surface area contributed by atoms with E-state index in [-0.39, 0.29) is 46.6 Å². The maximum atomic E-state index is 13.8. The molecule has 0 aromatic heterocycles. The molecular weight excluding hydrogens is 454 g/mol. The summed E-state index contributed by atoms with van der Waals surface area (Å²) in [5.74, 6) is -0.816. The Labute approximate surface area is 202 Å². The molecule has 0 aromatic rings. The van der Waals surface area contributed by atoms with Crippen LogP contribution in [0.2, 0.25) is 18.1 Å². The maximum Gasteiger partial charge on any atom is 0.242 e. The highest BCUT2D eigenvalue weighted by molar-refractivity contribution is 7.90. The molecule has 0 radical (unpaired) electrons. The van der Waals surface area contributed by atoms with Gasteiger partial charge in [-0.25, -0.2) is 12.7 Å². The standard InChI is InChI=1S/C25H45NO5SSi/c1-10-11-19(20(27)14-17(2)31-33(8,9)23(3,4)5)22(28)26-21-15-18-12-13-25(21,24(18,6)7)16-32(26,29)30/h10,17-21,27H,1,11-16H2,2-9H3/t17-,18-,19-,20+,21-,25-/m1/s1. The number of hydrogen-bond donors (Lipinski definition) is 1. The summed E-state index contributed by atoms with van der Waals surface area (Å²) >= 11 is 0. The first-order valence-corrected chi connectivity index (χ1v) is 17.0. The Balaban J connectivity index is 1.81. The second-order valence-electron chi connectivity index (χ2n) is 12.9. The highest BCUT2D eigenvalue weighted by Crippen LogP contribution is 2.70. The van der Waals surface area contributed by atoms with Crippen molar-refractivity contribution in [2.45, 2.75) is 110 Å².